The van der Waals surface area contributed by atoms with Crippen LogP contribution in [0.15, 0.2) is 18.2 Å². The molecule has 1 aromatic carbocycles. The minimum atomic E-state index is -0.238. The van der Waals surface area contributed by atoms with Gasteiger partial charge in [-0.15, -0.1) is 0 Å². The molecule has 2 rings (SSSR count). The first kappa shape index (κ1) is 22.9. The third-order valence-corrected chi connectivity index (χ3v) is 4.97. The minimum absolute atomic E-state index is 0.218. The number of carbonyl (C=O) groups is 3. The summed E-state index contributed by atoms with van der Waals surface area (Å²) in [5.74, 6) is 0.818. The molecular weight excluding hydrogens is 368 g/mol. The molecule has 3 N–H and O–H groups in total. The zero-order valence-corrected chi connectivity index (χ0v) is 18.0. The van der Waals surface area contributed by atoms with Gasteiger partial charge in [0.15, 0.2) is 0 Å². The fraction of sp³-hybridized carbons (Fsp3) is 0.591. The molecule has 1 fully saturated rings. The lowest BCUT2D eigenvalue weighted by atomic mass is 9.92. The predicted molar refractivity (Wildman–Crippen MR) is 116 cm³/mol. The van der Waals surface area contributed by atoms with Crippen molar-refractivity contribution in [2.24, 2.45) is 11.8 Å². The largest absolute Gasteiger partial charge is 0.352 e. The summed E-state index contributed by atoms with van der Waals surface area (Å²) < 4.78 is 0. The van der Waals surface area contributed by atoms with Crippen molar-refractivity contribution in [3.63, 3.8) is 0 Å². The fourth-order valence-electron chi connectivity index (χ4n) is 4.05. The molecule has 3 amide bonds. The molecular formula is C22H34N4O3. The number of nitrogens with zero attached hydrogens (tertiary/aromatic N) is 1. The van der Waals surface area contributed by atoms with Crippen LogP contribution in [-0.2, 0) is 9.59 Å². The Labute approximate surface area is 173 Å². The Balaban J connectivity index is 1.84. The molecule has 0 radical (unpaired) electrons. The minimum Gasteiger partial charge on any atom is -0.352 e. The summed E-state index contributed by atoms with van der Waals surface area (Å²) in [6.45, 7) is 11.4. The number of benzene rings is 1. The van der Waals surface area contributed by atoms with Crippen molar-refractivity contribution in [2.75, 3.05) is 36.8 Å². The number of anilines is 2. The number of amides is 3. The number of unbranched alkanes of at least 4 members (excludes halogenated alkanes) is 1. The van der Waals surface area contributed by atoms with Crippen LogP contribution in [0.2, 0.25) is 0 Å². The molecule has 0 unspecified atom stereocenters. The van der Waals surface area contributed by atoms with E-state index in [-0.39, 0.29) is 17.7 Å². The van der Waals surface area contributed by atoms with Gasteiger partial charge in [0, 0.05) is 50.4 Å². The van der Waals surface area contributed by atoms with Gasteiger partial charge in [0.2, 0.25) is 11.8 Å². The summed E-state index contributed by atoms with van der Waals surface area (Å²) in [4.78, 5) is 37.7. The maximum Gasteiger partial charge on any atom is 0.251 e. The average Bonchev–Trinajstić information content (AvgIpc) is 2.59. The SMILES string of the molecule is CC(=O)Nc1cc(NC(C)=O)cc(C(=O)NCCCCN2C[C@H](C)C[C@H](C)C2)c1. The fourth-order valence-corrected chi connectivity index (χ4v) is 4.05. The van der Waals surface area contributed by atoms with E-state index in [1.54, 1.807) is 18.2 Å². The number of carbonyl (C=O) groups excluding carboxylic acids is 3. The Morgan fingerprint density at radius 3 is 2.00 bits per heavy atom. The van der Waals surface area contributed by atoms with Gasteiger partial charge in [-0.1, -0.05) is 13.8 Å². The Morgan fingerprint density at radius 2 is 1.48 bits per heavy atom. The van der Waals surface area contributed by atoms with E-state index in [4.69, 9.17) is 0 Å². The van der Waals surface area contributed by atoms with Gasteiger partial charge in [0.1, 0.15) is 0 Å². The molecule has 7 nitrogen and oxygen atoms in total. The molecule has 0 bridgehead atoms. The van der Waals surface area contributed by atoms with Crippen LogP contribution >= 0.6 is 0 Å². The quantitative estimate of drug-likeness (QED) is 0.583. The van der Waals surface area contributed by atoms with Gasteiger partial charge in [-0.2, -0.15) is 0 Å². The molecule has 0 saturated carbocycles. The number of likely N-dealkylation sites (tertiary alicyclic amines) is 1. The van der Waals surface area contributed by atoms with Crippen LogP contribution in [0.3, 0.4) is 0 Å². The molecule has 1 aromatic rings. The molecule has 1 aliphatic heterocycles. The molecule has 0 aromatic heterocycles. The monoisotopic (exact) mass is 402 g/mol. The van der Waals surface area contributed by atoms with Crippen molar-refractivity contribution >= 4 is 29.1 Å². The highest BCUT2D eigenvalue weighted by Crippen LogP contribution is 2.21. The summed E-state index contributed by atoms with van der Waals surface area (Å²) in [5, 5.41) is 8.25. The maximum atomic E-state index is 12.5. The molecule has 1 aliphatic rings. The Bertz CT molecular complexity index is 691. The summed E-state index contributed by atoms with van der Waals surface area (Å²) in [6.07, 6.45) is 3.27. The van der Waals surface area contributed by atoms with E-state index < -0.39 is 0 Å². The van der Waals surface area contributed by atoms with Crippen molar-refractivity contribution in [1.29, 1.82) is 0 Å². The van der Waals surface area contributed by atoms with Crippen LogP contribution in [0, 0.1) is 11.8 Å². The Hall–Kier alpha value is -2.41. The number of hydrogen-bond acceptors (Lipinski definition) is 4. The van der Waals surface area contributed by atoms with E-state index in [2.05, 4.69) is 34.7 Å². The summed E-state index contributed by atoms with van der Waals surface area (Å²) in [5.41, 5.74) is 1.35. The average molecular weight is 403 g/mol. The number of rotatable bonds is 8. The number of hydrogen-bond donors (Lipinski definition) is 3. The lowest BCUT2D eigenvalue weighted by Gasteiger charge is -2.34. The van der Waals surface area contributed by atoms with Gasteiger partial charge >= 0.3 is 0 Å². The van der Waals surface area contributed by atoms with Crippen molar-refractivity contribution in [3.05, 3.63) is 23.8 Å². The standard InChI is InChI=1S/C22H34N4O3/c1-15-9-16(2)14-26(13-15)8-6-5-7-23-22(29)19-10-20(24-17(3)27)12-21(11-19)25-18(4)28/h10-12,15-16H,5-9,13-14H2,1-4H3,(H,23,29)(H,24,27)(H,25,28)/t15-,16+. The maximum absolute atomic E-state index is 12.5. The molecule has 1 saturated heterocycles. The van der Waals surface area contributed by atoms with Gasteiger partial charge in [0.05, 0.1) is 0 Å². The van der Waals surface area contributed by atoms with E-state index >= 15 is 0 Å². The molecule has 2 atom stereocenters. The van der Waals surface area contributed by atoms with E-state index in [9.17, 15) is 14.4 Å². The van der Waals surface area contributed by atoms with Crippen LogP contribution in [-0.4, -0.2) is 48.8 Å². The second-order valence-electron chi connectivity index (χ2n) is 8.33. The van der Waals surface area contributed by atoms with E-state index in [1.807, 2.05) is 0 Å². The Kier molecular flexibility index (Phi) is 8.64. The van der Waals surface area contributed by atoms with Gasteiger partial charge in [-0.25, -0.2) is 0 Å². The van der Waals surface area contributed by atoms with Gasteiger partial charge < -0.3 is 20.9 Å². The Morgan fingerprint density at radius 1 is 0.931 bits per heavy atom. The highest BCUT2D eigenvalue weighted by atomic mass is 16.2. The van der Waals surface area contributed by atoms with Crippen LogP contribution < -0.4 is 16.0 Å². The third kappa shape index (κ3) is 8.23. The van der Waals surface area contributed by atoms with Crippen LogP contribution in [0.4, 0.5) is 11.4 Å². The van der Waals surface area contributed by atoms with Crippen LogP contribution in [0.25, 0.3) is 0 Å². The van der Waals surface area contributed by atoms with Crippen LogP contribution in [0.1, 0.15) is 57.3 Å². The zero-order valence-electron chi connectivity index (χ0n) is 18.0. The van der Waals surface area contributed by atoms with Crippen molar-refractivity contribution in [1.82, 2.24) is 10.2 Å². The first-order valence-corrected chi connectivity index (χ1v) is 10.4. The molecule has 1 heterocycles. The zero-order chi connectivity index (χ0) is 21.4. The summed E-state index contributed by atoms with van der Waals surface area (Å²) in [7, 11) is 0. The lowest BCUT2D eigenvalue weighted by molar-refractivity contribution is -0.115. The van der Waals surface area contributed by atoms with Crippen molar-refractivity contribution in [2.45, 2.75) is 47.0 Å². The van der Waals surface area contributed by atoms with E-state index in [0.29, 0.717) is 23.5 Å². The smallest absolute Gasteiger partial charge is 0.251 e. The summed E-state index contributed by atoms with van der Waals surface area (Å²) >= 11 is 0. The summed E-state index contributed by atoms with van der Waals surface area (Å²) in [6, 6.07) is 4.84. The van der Waals surface area contributed by atoms with Crippen molar-refractivity contribution < 1.29 is 14.4 Å². The normalized spacial score (nSPS) is 19.4. The molecule has 0 spiro atoms. The van der Waals surface area contributed by atoms with Gasteiger partial charge in [0.25, 0.3) is 5.91 Å². The number of piperidine rings is 1. The lowest BCUT2D eigenvalue weighted by Crippen LogP contribution is -2.39. The highest BCUT2D eigenvalue weighted by Gasteiger charge is 2.21. The van der Waals surface area contributed by atoms with Crippen molar-refractivity contribution in [3.8, 4) is 0 Å². The molecule has 0 aliphatic carbocycles. The third-order valence-electron chi connectivity index (χ3n) is 4.97. The first-order valence-electron chi connectivity index (χ1n) is 10.4. The predicted octanol–water partition coefficient (Wildman–Crippen LogP) is 3.09. The topological polar surface area (TPSA) is 90.5 Å². The second-order valence-corrected chi connectivity index (χ2v) is 8.33. The first-order chi connectivity index (χ1) is 13.7. The van der Waals surface area contributed by atoms with Gasteiger partial charge in [-0.3, -0.25) is 14.4 Å². The van der Waals surface area contributed by atoms with Gasteiger partial charge in [-0.05, 0) is 55.8 Å². The molecule has 160 valence electrons. The second kappa shape index (κ2) is 11.0. The van der Waals surface area contributed by atoms with Crippen LogP contribution in [0.5, 0.6) is 0 Å². The highest BCUT2D eigenvalue weighted by molar-refractivity contribution is 5.99. The van der Waals surface area contributed by atoms with E-state index in [0.717, 1.165) is 31.2 Å². The number of nitrogens with one attached hydrogen (secondary N) is 3. The molecule has 29 heavy (non-hydrogen) atoms. The molecule has 7 heteroatoms. The van der Waals surface area contributed by atoms with E-state index in [1.165, 1.54) is 33.4 Å².